The summed E-state index contributed by atoms with van der Waals surface area (Å²) in [6, 6.07) is 7.67. The van der Waals surface area contributed by atoms with Crippen molar-refractivity contribution >= 4 is 0 Å². The summed E-state index contributed by atoms with van der Waals surface area (Å²) < 4.78 is 11.3. The van der Waals surface area contributed by atoms with Gasteiger partial charge in [-0.2, -0.15) is 0 Å². The molecule has 1 aromatic rings. The van der Waals surface area contributed by atoms with Crippen LogP contribution in [0, 0.1) is 0 Å². The number of rotatable bonds is 3. The highest BCUT2D eigenvalue weighted by Gasteiger charge is 2.20. The summed E-state index contributed by atoms with van der Waals surface area (Å²) in [6.07, 6.45) is 1.36. The SMILES string of the molecule is C[C@@H](O)CCC1COc2ccccc2O1. The third-order valence-electron chi connectivity index (χ3n) is 2.47. The average molecular weight is 208 g/mol. The normalized spacial score (nSPS) is 21.1. The van der Waals surface area contributed by atoms with Gasteiger partial charge in [-0.3, -0.25) is 0 Å². The summed E-state index contributed by atoms with van der Waals surface area (Å²) in [5.74, 6) is 1.62. The molecule has 15 heavy (non-hydrogen) atoms. The van der Waals surface area contributed by atoms with Gasteiger partial charge in [0, 0.05) is 0 Å². The van der Waals surface area contributed by atoms with Crippen LogP contribution in [-0.4, -0.2) is 23.9 Å². The average Bonchev–Trinajstić information content (AvgIpc) is 2.26. The third-order valence-corrected chi connectivity index (χ3v) is 2.47. The minimum absolute atomic E-state index is 0.0644. The lowest BCUT2D eigenvalue weighted by molar-refractivity contribution is 0.0702. The van der Waals surface area contributed by atoms with E-state index in [9.17, 15) is 5.11 Å². The van der Waals surface area contributed by atoms with Gasteiger partial charge >= 0.3 is 0 Å². The number of fused-ring (bicyclic) bond motifs is 1. The Bertz CT molecular complexity index is 322. The van der Waals surface area contributed by atoms with Gasteiger partial charge < -0.3 is 14.6 Å². The lowest BCUT2D eigenvalue weighted by Crippen LogP contribution is -2.29. The molecule has 2 atom stereocenters. The molecule has 1 aliphatic heterocycles. The smallest absolute Gasteiger partial charge is 0.161 e. The highest BCUT2D eigenvalue weighted by atomic mass is 16.6. The fourth-order valence-corrected chi connectivity index (χ4v) is 1.63. The summed E-state index contributed by atoms with van der Waals surface area (Å²) in [7, 11) is 0. The molecule has 0 aromatic heterocycles. The van der Waals surface area contributed by atoms with E-state index < -0.39 is 0 Å². The van der Waals surface area contributed by atoms with E-state index in [1.165, 1.54) is 0 Å². The second-order valence-electron chi connectivity index (χ2n) is 3.92. The fraction of sp³-hybridized carbons (Fsp3) is 0.500. The fourth-order valence-electron chi connectivity index (χ4n) is 1.63. The van der Waals surface area contributed by atoms with Crippen molar-refractivity contribution in [3.63, 3.8) is 0 Å². The summed E-state index contributed by atoms with van der Waals surface area (Å²) >= 11 is 0. The topological polar surface area (TPSA) is 38.7 Å². The van der Waals surface area contributed by atoms with E-state index in [0.29, 0.717) is 6.61 Å². The highest BCUT2D eigenvalue weighted by molar-refractivity contribution is 5.40. The molecular weight excluding hydrogens is 192 g/mol. The molecule has 3 heteroatoms. The molecule has 0 amide bonds. The van der Waals surface area contributed by atoms with Crippen LogP contribution in [0.3, 0.4) is 0 Å². The maximum absolute atomic E-state index is 9.18. The summed E-state index contributed by atoms with van der Waals surface area (Å²) in [5.41, 5.74) is 0. The second kappa shape index (κ2) is 4.53. The van der Waals surface area contributed by atoms with Gasteiger partial charge in [0.1, 0.15) is 12.7 Å². The Labute approximate surface area is 89.6 Å². The molecule has 3 nitrogen and oxygen atoms in total. The summed E-state index contributed by atoms with van der Waals surface area (Å²) in [4.78, 5) is 0. The van der Waals surface area contributed by atoms with Gasteiger partial charge in [0.25, 0.3) is 0 Å². The molecule has 0 radical (unpaired) electrons. The van der Waals surface area contributed by atoms with Gasteiger partial charge in [-0.15, -0.1) is 0 Å². The van der Waals surface area contributed by atoms with E-state index in [0.717, 1.165) is 24.3 Å². The van der Waals surface area contributed by atoms with Crippen molar-refractivity contribution in [1.29, 1.82) is 0 Å². The van der Waals surface area contributed by atoms with Crippen molar-refractivity contribution in [3.05, 3.63) is 24.3 Å². The largest absolute Gasteiger partial charge is 0.486 e. The van der Waals surface area contributed by atoms with E-state index in [1.807, 2.05) is 24.3 Å². The first-order chi connectivity index (χ1) is 7.25. The number of para-hydroxylation sites is 2. The van der Waals surface area contributed by atoms with Crippen LogP contribution in [0.15, 0.2) is 24.3 Å². The van der Waals surface area contributed by atoms with Crippen molar-refractivity contribution in [2.75, 3.05) is 6.61 Å². The number of hydrogen-bond donors (Lipinski definition) is 1. The maximum Gasteiger partial charge on any atom is 0.161 e. The molecule has 1 aromatic carbocycles. The summed E-state index contributed by atoms with van der Waals surface area (Å²) in [6.45, 7) is 2.36. The molecule has 0 aliphatic carbocycles. The van der Waals surface area contributed by atoms with Crippen molar-refractivity contribution in [2.45, 2.75) is 32.0 Å². The van der Waals surface area contributed by atoms with Gasteiger partial charge in [-0.05, 0) is 31.9 Å². The predicted octanol–water partition coefficient (Wildman–Crippen LogP) is 1.99. The second-order valence-corrected chi connectivity index (χ2v) is 3.92. The van der Waals surface area contributed by atoms with Crippen LogP contribution in [0.1, 0.15) is 19.8 Å². The number of aliphatic hydroxyl groups excluding tert-OH is 1. The van der Waals surface area contributed by atoms with E-state index >= 15 is 0 Å². The van der Waals surface area contributed by atoms with Crippen molar-refractivity contribution in [3.8, 4) is 11.5 Å². The van der Waals surface area contributed by atoms with Crippen molar-refractivity contribution < 1.29 is 14.6 Å². The highest BCUT2D eigenvalue weighted by Crippen LogP contribution is 2.31. The molecule has 0 fully saturated rings. The zero-order valence-electron chi connectivity index (χ0n) is 8.85. The molecule has 1 aliphatic rings. The molecule has 0 saturated carbocycles. The minimum Gasteiger partial charge on any atom is -0.486 e. The van der Waals surface area contributed by atoms with Crippen molar-refractivity contribution in [1.82, 2.24) is 0 Å². The van der Waals surface area contributed by atoms with Crippen LogP contribution >= 0.6 is 0 Å². The Morgan fingerprint density at radius 1 is 1.40 bits per heavy atom. The molecule has 1 unspecified atom stereocenters. The Morgan fingerprint density at radius 3 is 2.87 bits per heavy atom. The van der Waals surface area contributed by atoms with E-state index in [2.05, 4.69) is 0 Å². The lowest BCUT2D eigenvalue weighted by Gasteiger charge is -2.26. The summed E-state index contributed by atoms with van der Waals surface area (Å²) in [5, 5.41) is 9.18. The molecule has 0 saturated heterocycles. The van der Waals surface area contributed by atoms with Crippen LogP contribution in [0.2, 0.25) is 0 Å². The van der Waals surface area contributed by atoms with Gasteiger partial charge in [-0.1, -0.05) is 12.1 Å². The Balaban J connectivity index is 1.94. The number of ether oxygens (including phenoxy) is 2. The molecule has 1 heterocycles. The van der Waals surface area contributed by atoms with Crippen LogP contribution in [0.25, 0.3) is 0 Å². The van der Waals surface area contributed by atoms with E-state index in [1.54, 1.807) is 6.92 Å². The van der Waals surface area contributed by atoms with Crippen LogP contribution in [0.5, 0.6) is 11.5 Å². The number of benzene rings is 1. The zero-order valence-corrected chi connectivity index (χ0v) is 8.85. The monoisotopic (exact) mass is 208 g/mol. The van der Waals surface area contributed by atoms with Crippen LogP contribution < -0.4 is 9.47 Å². The van der Waals surface area contributed by atoms with Gasteiger partial charge in [0.15, 0.2) is 11.5 Å². The van der Waals surface area contributed by atoms with Gasteiger partial charge in [-0.25, -0.2) is 0 Å². The van der Waals surface area contributed by atoms with Crippen LogP contribution in [-0.2, 0) is 0 Å². The first-order valence-electron chi connectivity index (χ1n) is 5.32. The lowest BCUT2D eigenvalue weighted by atomic mass is 10.1. The van der Waals surface area contributed by atoms with Gasteiger partial charge in [0.05, 0.1) is 6.10 Å². The van der Waals surface area contributed by atoms with E-state index in [4.69, 9.17) is 9.47 Å². The maximum atomic E-state index is 9.18. The zero-order chi connectivity index (χ0) is 10.7. The van der Waals surface area contributed by atoms with E-state index in [-0.39, 0.29) is 12.2 Å². The van der Waals surface area contributed by atoms with Crippen LogP contribution in [0.4, 0.5) is 0 Å². The Morgan fingerprint density at radius 2 is 2.13 bits per heavy atom. The molecular formula is C12H16O3. The molecule has 82 valence electrons. The number of aliphatic hydroxyl groups is 1. The third kappa shape index (κ3) is 2.63. The minimum atomic E-state index is -0.272. The standard InChI is InChI=1S/C12H16O3/c1-9(13)6-7-10-8-14-11-4-2-3-5-12(11)15-10/h2-5,9-10,13H,6-8H2,1H3/t9-,10?/m1/s1. The Kier molecular flexibility index (Phi) is 3.11. The quantitative estimate of drug-likeness (QED) is 0.825. The van der Waals surface area contributed by atoms with Gasteiger partial charge in [0.2, 0.25) is 0 Å². The Hall–Kier alpha value is -1.22. The first-order valence-corrected chi connectivity index (χ1v) is 5.32. The molecule has 0 spiro atoms. The first kappa shape index (κ1) is 10.3. The molecule has 0 bridgehead atoms. The number of hydrogen-bond acceptors (Lipinski definition) is 3. The van der Waals surface area contributed by atoms with Crippen molar-refractivity contribution in [2.24, 2.45) is 0 Å². The predicted molar refractivity (Wildman–Crippen MR) is 57.3 cm³/mol. The molecule has 2 rings (SSSR count). The molecule has 1 N–H and O–H groups in total.